The third kappa shape index (κ3) is 5.19. The average molecular weight is 365 g/mol. The van der Waals surface area contributed by atoms with E-state index in [2.05, 4.69) is 10.6 Å². The summed E-state index contributed by atoms with van der Waals surface area (Å²) < 4.78 is 18.6. The summed E-state index contributed by atoms with van der Waals surface area (Å²) in [6.45, 7) is 4.55. The minimum Gasteiger partial charge on any atom is -0.478 e. The van der Waals surface area contributed by atoms with Crippen LogP contribution in [-0.4, -0.2) is 17.4 Å². The molecule has 2 aromatic carbocycles. The number of carbonyl (C=O) groups is 2. The molecule has 0 spiro atoms. The van der Waals surface area contributed by atoms with Crippen LogP contribution in [0, 0.1) is 5.82 Å². The SMILES string of the molecule is CC(=O)Nc1cc(NC(=O)C(C)(C)Oc2ccc(F)cc2)ccc1Cl. The van der Waals surface area contributed by atoms with Crippen LogP contribution in [0.2, 0.25) is 5.02 Å². The number of nitrogens with one attached hydrogen (secondary N) is 2. The second-order valence-electron chi connectivity index (χ2n) is 5.90. The van der Waals surface area contributed by atoms with Crippen molar-refractivity contribution in [3.63, 3.8) is 0 Å². The zero-order chi connectivity index (χ0) is 18.6. The van der Waals surface area contributed by atoms with Gasteiger partial charge in [0.15, 0.2) is 5.60 Å². The van der Waals surface area contributed by atoms with Gasteiger partial charge in [-0.15, -0.1) is 0 Å². The molecule has 0 aliphatic heterocycles. The molecule has 0 atom stereocenters. The Hall–Kier alpha value is -2.60. The first kappa shape index (κ1) is 18.7. The molecule has 5 nitrogen and oxygen atoms in total. The summed E-state index contributed by atoms with van der Waals surface area (Å²) in [6, 6.07) is 10.1. The Morgan fingerprint density at radius 1 is 1.08 bits per heavy atom. The molecule has 2 aromatic rings. The van der Waals surface area contributed by atoms with Gasteiger partial charge in [0.2, 0.25) is 5.91 Å². The van der Waals surface area contributed by atoms with E-state index in [0.717, 1.165) is 0 Å². The second-order valence-corrected chi connectivity index (χ2v) is 6.30. The van der Waals surface area contributed by atoms with E-state index >= 15 is 0 Å². The fourth-order valence-corrected chi connectivity index (χ4v) is 2.18. The number of hydrogen-bond acceptors (Lipinski definition) is 3. The highest BCUT2D eigenvalue weighted by Gasteiger charge is 2.30. The van der Waals surface area contributed by atoms with Crippen LogP contribution in [-0.2, 0) is 9.59 Å². The Morgan fingerprint density at radius 3 is 2.32 bits per heavy atom. The molecular weight excluding hydrogens is 347 g/mol. The molecule has 25 heavy (non-hydrogen) atoms. The van der Waals surface area contributed by atoms with Crippen LogP contribution >= 0.6 is 11.6 Å². The van der Waals surface area contributed by atoms with Crippen molar-refractivity contribution < 1.29 is 18.7 Å². The van der Waals surface area contributed by atoms with Crippen molar-refractivity contribution in [2.75, 3.05) is 10.6 Å². The van der Waals surface area contributed by atoms with Crippen molar-refractivity contribution in [2.24, 2.45) is 0 Å². The second kappa shape index (κ2) is 7.53. The van der Waals surface area contributed by atoms with Gasteiger partial charge in [-0.1, -0.05) is 11.6 Å². The Labute approximate surface area is 150 Å². The van der Waals surface area contributed by atoms with Crippen LogP contribution in [0.25, 0.3) is 0 Å². The lowest BCUT2D eigenvalue weighted by Gasteiger charge is -2.25. The number of carbonyl (C=O) groups excluding carboxylic acids is 2. The van der Waals surface area contributed by atoms with Gasteiger partial charge in [-0.2, -0.15) is 0 Å². The maximum atomic E-state index is 13.0. The van der Waals surface area contributed by atoms with Gasteiger partial charge >= 0.3 is 0 Å². The highest BCUT2D eigenvalue weighted by Crippen LogP contribution is 2.27. The molecule has 2 rings (SSSR count). The molecule has 0 unspecified atom stereocenters. The smallest absolute Gasteiger partial charge is 0.267 e. The van der Waals surface area contributed by atoms with Gasteiger partial charge in [0.25, 0.3) is 5.91 Å². The first-order chi connectivity index (χ1) is 11.7. The predicted octanol–water partition coefficient (Wildman–Crippen LogP) is 4.23. The van der Waals surface area contributed by atoms with E-state index in [-0.39, 0.29) is 11.7 Å². The van der Waals surface area contributed by atoms with E-state index in [1.54, 1.807) is 32.0 Å². The fraction of sp³-hybridized carbons (Fsp3) is 0.222. The fourth-order valence-electron chi connectivity index (χ4n) is 2.01. The monoisotopic (exact) mass is 364 g/mol. The lowest BCUT2D eigenvalue weighted by Crippen LogP contribution is -2.42. The minimum atomic E-state index is -1.20. The topological polar surface area (TPSA) is 67.4 Å². The van der Waals surface area contributed by atoms with Crippen molar-refractivity contribution >= 4 is 34.8 Å². The largest absolute Gasteiger partial charge is 0.478 e. The highest BCUT2D eigenvalue weighted by molar-refractivity contribution is 6.33. The molecule has 7 heteroatoms. The van der Waals surface area contributed by atoms with Crippen molar-refractivity contribution in [1.29, 1.82) is 0 Å². The summed E-state index contributed by atoms with van der Waals surface area (Å²) in [5.74, 6) is -0.698. The molecule has 0 bridgehead atoms. The molecule has 0 aliphatic rings. The molecule has 2 amide bonds. The standard InChI is InChI=1S/C18H18ClFN2O3/c1-11(23)21-16-10-13(6-9-15(16)19)22-17(24)18(2,3)25-14-7-4-12(20)5-8-14/h4-10H,1-3H3,(H,21,23)(H,22,24). The molecule has 0 radical (unpaired) electrons. The third-order valence-electron chi connectivity index (χ3n) is 3.27. The van der Waals surface area contributed by atoms with Crippen LogP contribution in [0.1, 0.15) is 20.8 Å². The van der Waals surface area contributed by atoms with Gasteiger partial charge in [0.05, 0.1) is 10.7 Å². The van der Waals surface area contributed by atoms with Crippen LogP contribution in [0.15, 0.2) is 42.5 Å². The number of hydrogen-bond donors (Lipinski definition) is 2. The third-order valence-corrected chi connectivity index (χ3v) is 3.60. The van der Waals surface area contributed by atoms with E-state index in [0.29, 0.717) is 22.1 Å². The molecule has 0 fully saturated rings. The van der Waals surface area contributed by atoms with Crippen LogP contribution in [0.5, 0.6) is 5.75 Å². The van der Waals surface area contributed by atoms with Crippen molar-refractivity contribution in [2.45, 2.75) is 26.4 Å². The van der Waals surface area contributed by atoms with Crippen LogP contribution in [0.3, 0.4) is 0 Å². The molecular formula is C18H18ClFN2O3. The molecule has 0 aromatic heterocycles. The Bertz CT molecular complexity index is 791. The summed E-state index contributed by atoms with van der Waals surface area (Å²) in [5, 5.41) is 5.64. The van der Waals surface area contributed by atoms with Crippen LogP contribution in [0.4, 0.5) is 15.8 Å². The number of benzene rings is 2. The zero-order valence-corrected chi connectivity index (χ0v) is 14.8. The maximum Gasteiger partial charge on any atom is 0.267 e. The lowest BCUT2D eigenvalue weighted by atomic mass is 10.1. The van der Waals surface area contributed by atoms with E-state index < -0.39 is 11.5 Å². The number of amides is 2. The number of rotatable bonds is 5. The van der Waals surface area contributed by atoms with E-state index in [4.69, 9.17) is 16.3 Å². The van der Waals surface area contributed by atoms with Gasteiger partial charge in [0.1, 0.15) is 11.6 Å². The van der Waals surface area contributed by atoms with Crippen molar-refractivity contribution in [3.8, 4) is 5.75 Å². The molecule has 0 heterocycles. The first-order valence-corrected chi connectivity index (χ1v) is 7.88. The van der Waals surface area contributed by atoms with Crippen LogP contribution < -0.4 is 15.4 Å². The lowest BCUT2D eigenvalue weighted by molar-refractivity contribution is -0.128. The number of ether oxygens (including phenoxy) is 1. The quantitative estimate of drug-likeness (QED) is 0.834. The average Bonchev–Trinajstić information content (AvgIpc) is 2.52. The van der Waals surface area contributed by atoms with E-state index in [1.807, 2.05) is 0 Å². The number of anilines is 2. The summed E-state index contributed by atoms with van der Waals surface area (Å²) in [6.07, 6.45) is 0. The predicted molar refractivity (Wildman–Crippen MR) is 95.5 cm³/mol. The summed E-state index contributed by atoms with van der Waals surface area (Å²) >= 11 is 6.00. The highest BCUT2D eigenvalue weighted by atomic mass is 35.5. The maximum absolute atomic E-state index is 13.0. The van der Waals surface area contributed by atoms with Gasteiger partial charge in [-0.3, -0.25) is 9.59 Å². The molecule has 0 saturated heterocycles. The summed E-state index contributed by atoms with van der Waals surface area (Å²) in [4.78, 5) is 23.7. The van der Waals surface area contributed by atoms with Gasteiger partial charge < -0.3 is 15.4 Å². The number of halogens is 2. The van der Waals surface area contributed by atoms with Gasteiger partial charge in [0, 0.05) is 12.6 Å². The van der Waals surface area contributed by atoms with Gasteiger partial charge in [-0.25, -0.2) is 4.39 Å². The summed E-state index contributed by atoms with van der Waals surface area (Å²) in [7, 11) is 0. The van der Waals surface area contributed by atoms with E-state index in [1.165, 1.54) is 31.2 Å². The molecule has 2 N–H and O–H groups in total. The molecule has 132 valence electrons. The van der Waals surface area contributed by atoms with Crippen molar-refractivity contribution in [1.82, 2.24) is 0 Å². The Kier molecular flexibility index (Phi) is 5.64. The van der Waals surface area contributed by atoms with Gasteiger partial charge in [-0.05, 0) is 56.3 Å². The minimum absolute atomic E-state index is 0.273. The Morgan fingerprint density at radius 2 is 1.72 bits per heavy atom. The van der Waals surface area contributed by atoms with E-state index in [9.17, 15) is 14.0 Å². The first-order valence-electron chi connectivity index (χ1n) is 7.50. The Balaban J connectivity index is 2.12. The normalized spacial score (nSPS) is 10.9. The molecule has 0 aliphatic carbocycles. The van der Waals surface area contributed by atoms with Crippen molar-refractivity contribution in [3.05, 3.63) is 53.3 Å². The molecule has 0 saturated carbocycles. The summed E-state index contributed by atoms with van der Waals surface area (Å²) in [5.41, 5.74) is -0.357. The zero-order valence-electron chi connectivity index (χ0n) is 14.0.